The van der Waals surface area contributed by atoms with Crippen molar-refractivity contribution in [1.82, 2.24) is 14.8 Å². The average molecular weight is 510 g/mol. The molecule has 2 aromatic carbocycles. The second-order valence-corrected chi connectivity index (χ2v) is 10.1. The van der Waals surface area contributed by atoms with Gasteiger partial charge in [0.25, 0.3) is 5.91 Å². The third-order valence-electron chi connectivity index (χ3n) is 6.38. The first-order valence-corrected chi connectivity index (χ1v) is 13.2. The molecule has 1 amide bonds. The molecule has 1 fully saturated rings. The molecule has 2 heterocycles. The van der Waals surface area contributed by atoms with Crippen LogP contribution in [0, 0.1) is 18.7 Å². The van der Waals surface area contributed by atoms with E-state index < -0.39 is 0 Å². The highest BCUT2D eigenvalue weighted by atomic mass is 32.1. The van der Waals surface area contributed by atoms with E-state index in [1.807, 2.05) is 5.38 Å². The number of carbonyl (C=O) groups is 2. The third-order valence-corrected chi connectivity index (χ3v) is 7.21. The Kier molecular flexibility index (Phi) is 8.83. The van der Waals surface area contributed by atoms with Gasteiger partial charge in [-0.2, -0.15) is 0 Å². The molecule has 1 saturated heterocycles. The van der Waals surface area contributed by atoms with Crippen LogP contribution in [0.2, 0.25) is 0 Å². The standard InChI is InChI=1S/C28H32FN3O3S/c1-3-35-28(34)23-12-14-32(15-13-23)27(33)25-19-36-26(30-25)18-31(16-21-6-4-20(2)5-7-21)17-22-8-10-24(29)11-9-22/h4-11,19,23H,3,12-18H2,1-2H3. The maximum absolute atomic E-state index is 13.4. The number of hydrogen-bond donors (Lipinski definition) is 0. The lowest BCUT2D eigenvalue weighted by Crippen LogP contribution is -2.40. The van der Waals surface area contributed by atoms with E-state index in [0.29, 0.717) is 57.9 Å². The molecule has 3 aromatic rings. The molecular weight excluding hydrogens is 477 g/mol. The number of halogens is 1. The Balaban J connectivity index is 1.41. The Morgan fingerprint density at radius 3 is 2.25 bits per heavy atom. The topological polar surface area (TPSA) is 62.7 Å². The molecule has 36 heavy (non-hydrogen) atoms. The Hall–Kier alpha value is -3.10. The van der Waals surface area contributed by atoms with Crippen LogP contribution < -0.4 is 0 Å². The second kappa shape index (κ2) is 12.2. The van der Waals surface area contributed by atoms with Gasteiger partial charge in [0.15, 0.2) is 0 Å². The van der Waals surface area contributed by atoms with Crippen LogP contribution in [-0.4, -0.2) is 46.4 Å². The van der Waals surface area contributed by atoms with Gasteiger partial charge >= 0.3 is 5.97 Å². The van der Waals surface area contributed by atoms with Crippen LogP contribution in [0.3, 0.4) is 0 Å². The number of esters is 1. The first kappa shape index (κ1) is 26.0. The third kappa shape index (κ3) is 6.98. The SMILES string of the molecule is CCOC(=O)C1CCN(C(=O)c2csc(CN(Cc3ccc(C)cc3)Cc3ccc(F)cc3)n2)CC1. The largest absolute Gasteiger partial charge is 0.466 e. The first-order valence-electron chi connectivity index (χ1n) is 12.3. The van der Waals surface area contributed by atoms with Gasteiger partial charge in [-0.3, -0.25) is 14.5 Å². The molecular formula is C28H32FN3O3S. The molecule has 1 aromatic heterocycles. The maximum atomic E-state index is 13.4. The molecule has 0 saturated carbocycles. The first-order chi connectivity index (χ1) is 17.4. The number of ether oxygens (including phenoxy) is 1. The van der Waals surface area contributed by atoms with Crippen molar-refractivity contribution < 1.29 is 18.7 Å². The zero-order valence-corrected chi connectivity index (χ0v) is 21.6. The van der Waals surface area contributed by atoms with Crippen molar-refractivity contribution in [2.75, 3.05) is 19.7 Å². The van der Waals surface area contributed by atoms with E-state index in [4.69, 9.17) is 4.74 Å². The van der Waals surface area contributed by atoms with Crippen LogP contribution in [0.25, 0.3) is 0 Å². The maximum Gasteiger partial charge on any atom is 0.309 e. The summed E-state index contributed by atoms with van der Waals surface area (Å²) in [6, 6.07) is 15.0. The fourth-order valence-electron chi connectivity index (χ4n) is 4.38. The molecule has 6 nitrogen and oxygen atoms in total. The summed E-state index contributed by atoms with van der Waals surface area (Å²) < 4.78 is 18.5. The quantitative estimate of drug-likeness (QED) is 0.371. The van der Waals surface area contributed by atoms with Crippen LogP contribution in [-0.2, 0) is 29.2 Å². The number of likely N-dealkylation sites (tertiary alicyclic amines) is 1. The fraction of sp³-hybridized carbons (Fsp3) is 0.393. The van der Waals surface area contributed by atoms with Crippen molar-refractivity contribution in [2.45, 2.75) is 46.3 Å². The Morgan fingerprint density at radius 1 is 1.03 bits per heavy atom. The molecule has 190 valence electrons. The summed E-state index contributed by atoms with van der Waals surface area (Å²) in [6.45, 7) is 7.22. The minimum Gasteiger partial charge on any atom is -0.466 e. The van der Waals surface area contributed by atoms with Crippen LogP contribution in [0.15, 0.2) is 53.9 Å². The van der Waals surface area contributed by atoms with Gasteiger partial charge in [-0.25, -0.2) is 9.37 Å². The molecule has 0 bridgehead atoms. The van der Waals surface area contributed by atoms with Crippen molar-refractivity contribution in [2.24, 2.45) is 5.92 Å². The highest BCUT2D eigenvalue weighted by Crippen LogP contribution is 2.22. The minimum atomic E-state index is -0.252. The number of carbonyl (C=O) groups excluding carboxylic acids is 2. The summed E-state index contributed by atoms with van der Waals surface area (Å²) >= 11 is 1.47. The number of aromatic nitrogens is 1. The number of benzene rings is 2. The number of piperidine rings is 1. The molecule has 0 aliphatic carbocycles. The van der Waals surface area contributed by atoms with Gasteiger partial charge in [-0.1, -0.05) is 42.0 Å². The number of nitrogens with zero attached hydrogens (tertiary/aromatic N) is 3. The average Bonchev–Trinajstić information content (AvgIpc) is 3.35. The normalized spacial score (nSPS) is 14.3. The highest BCUT2D eigenvalue weighted by Gasteiger charge is 2.29. The van der Waals surface area contributed by atoms with Crippen LogP contribution in [0.4, 0.5) is 4.39 Å². The monoisotopic (exact) mass is 509 g/mol. The van der Waals surface area contributed by atoms with Crippen molar-refractivity contribution in [3.63, 3.8) is 0 Å². The molecule has 1 aliphatic rings. The van der Waals surface area contributed by atoms with Gasteiger partial charge in [-0.05, 0) is 49.9 Å². The number of rotatable bonds is 9. The molecule has 8 heteroatoms. The van der Waals surface area contributed by atoms with E-state index >= 15 is 0 Å². The van der Waals surface area contributed by atoms with Crippen molar-refractivity contribution >= 4 is 23.2 Å². The lowest BCUT2D eigenvalue weighted by molar-refractivity contribution is -0.149. The van der Waals surface area contributed by atoms with Crippen LogP contribution >= 0.6 is 11.3 Å². The lowest BCUT2D eigenvalue weighted by atomic mass is 9.97. The lowest BCUT2D eigenvalue weighted by Gasteiger charge is -2.30. The van der Waals surface area contributed by atoms with Crippen molar-refractivity contribution in [3.8, 4) is 0 Å². The molecule has 0 unspecified atom stereocenters. The van der Waals surface area contributed by atoms with E-state index in [-0.39, 0.29) is 23.6 Å². The summed E-state index contributed by atoms with van der Waals surface area (Å²) in [4.78, 5) is 33.7. The zero-order valence-electron chi connectivity index (χ0n) is 20.8. The molecule has 0 radical (unpaired) electrons. The number of hydrogen-bond acceptors (Lipinski definition) is 6. The van der Waals surface area contributed by atoms with Gasteiger partial charge in [0.2, 0.25) is 0 Å². The van der Waals surface area contributed by atoms with Gasteiger partial charge in [0, 0.05) is 31.6 Å². The van der Waals surface area contributed by atoms with Gasteiger partial charge in [0.05, 0.1) is 19.1 Å². The zero-order chi connectivity index (χ0) is 25.5. The van der Waals surface area contributed by atoms with Crippen LogP contribution in [0.5, 0.6) is 0 Å². The molecule has 0 N–H and O–H groups in total. The summed E-state index contributed by atoms with van der Waals surface area (Å²) in [5.41, 5.74) is 3.85. The van der Waals surface area contributed by atoms with Gasteiger partial charge in [-0.15, -0.1) is 11.3 Å². The van der Waals surface area contributed by atoms with Crippen LogP contribution in [0.1, 0.15) is 52.0 Å². The summed E-state index contributed by atoms with van der Waals surface area (Å²) in [6.07, 6.45) is 1.23. The fourth-order valence-corrected chi connectivity index (χ4v) is 5.19. The summed E-state index contributed by atoms with van der Waals surface area (Å²) in [5.74, 6) is -0.654. The number of amides is 1. The molecule has 0 spiro atoms. The Labute approximate surface area is 215 Å². The van der Waals surface area contributed by atoms with E-state index in [9.17, 15) is 14.0 Å². The van der Waals surface area contributed by atoms with E-state index in [2.05, 4.69) is 41.1 Å². The van der Waals surface area contributed by atoms with Gasteiger partial charge in [0.1, 0.15) is 16.5 Å². The minimum absolute atomic E-state index is 0.0940. The Morgan fingerprint density at radius 2 is 1.64 bits per heavy atom. The summed E-state index contributed by atoms with van der Waals surface area (Å²) in [7, 11) is 0. The van der Waals surface area contributed by atoms with Crippen molar-refractivity contribution in [3.05, 3.63) is 87.1 Å². The number of aryl methyl sites for hydroxylation is 1. The van der Waals surface area contributed by atoms with E-state index in [1.165, 1.54) is 34.6 Å². The second-order valence-electron chi connectivity index (χ2n) is 9.20. The van der Waals surface area contributed by atoms with Gasteiger partial charge < -0.3 is 9.64 Å². The molecule has 4 rings (SSSR count). The highest BCUT2D eigenvalue weighted by molar-refractivity contribution is 7.09. The Bertz CT molecular complexity index is 1110. The van der Waals surface area contributed by atoms with E-state index in [0.717, 1.165) is 10.6 Å². The molecule has 1 aliphatic heterocycles. The predicted octanol–water partition coefficient (Wildman–Crippen LogP) is 5.21. The smallest absolute Gasteiger partial charge is 0.309 e. The predicted molar refractivity (Wildman–Crippen MR) is 138 cm³/mol. The number of thiazole rings is 1. The van der Waals surface area contributed by atoms with E-state index in [1.54, 1.807) is 24.0 Å². The molecule has 0 atom stereocenters. The van der Waals surface area contributed by atoms with Crippen molar-refractivity contribution in [1.29, 1.82) is 0 Å². The summed E-state index contributed by atoms with van der Waals surface area (Å²) in [5, 5.41) is 2.67.